The first-order chi connectivity index (χ1) is 13.6. The first-order valence-electron chi connectivity index (χ1n) is 9.05. The second-order valence-electron chi connectivity index (χ2n) is 7.01. The van der Waals surface area contributed by atoms with Crippen molar-refractivity contribution in [2.45, 2.75) is 27.7 Å². The zero-order valence-corrected chi connectivity index (χ0v) is 17.2. The summed E-state index contributed by atoms with van der Waals surface area (Å²) in [6.45, 7) is 6.58. The number of hydrogen-bond donors (Lipinski definition) is 1. The normalized spacial score (nSPS) is 11.0. The Kier molecular flexibility index (Phi) is 5.17. The van der Waals surface area contributed by atoms with Crippen LogP contribution in [0.3, 0.4) is 0 Å². The molecule has 0 spiro atoms. The van der Waals surface area contributed by atoms with E-state index in [1.165, 1.54) is 26.3 Å². The number of rotatable bonds is 3. The zero-order valence-electron chi connectivity index (χ0n) is 17.2. The fourth-order valence-electron chi connectivity index (χ4n) is 3.62. The third kappa shape index (κ3) is 3.06. The molecule has 0 bridgehead atoms. The number of anilines is 1. The van der Waals surface area contributed by atoms with Crippen molar-refractivity contribution in [1.29, 1.82) is 0 Å². The molecule has 29 heavy (non-hydrogen) atoms. The van der Waals surface area contributed by atoms with Gasteiger partial charge in [0.15, 0.2) is 0 Å². The SMILES string of the molecule is CNc1cc(-n2cc(C(=O)OC)c(=O)c3c(C)c(F)c(C)c(C)c32)c(C)cc1F. The van der Waals surface area contributed by atoms with Gasteiger partial charge in [-0.1, -0.05) is 0 Å². The number of nitrogens with one attached hydrogen (secondary N) is 1. The van der Waals surface area contributed by atoms with E-state index in [1.54, 1.807) is 38.5 Å². The standard InChI is InChI=1S/C22H22F2N2O3/c1-10-7-15(23)16(25-5)8-17(10)26-9-14(22(28)29-6)21(27)18-13(4)19(24)11(2)12(3)20(18)26/h7-9,25H,1-6H3. The highest BCUT2D eigenvalue weighted by atomic mass is 19.1. The van der Waals surface area contributed by atoms with E-state index in [1.807, 2.05) is 0 Å². The number of aromatic nitrogens is 1. The molecule has 2 aromatic carbocycles. The molecule has 0 unspecified atom stereocenters. The van der Waals surface area contributed by atoms with Crippen LogP contribution in [0, 0.1) is 39.3 Å². The molecule has 3 rings (SSSR count). The molecule has 0 aliphatic carbocycles. The summed E-state index contributed by atoms with van der Waals surface area (Å²) in [5, 5.41) is 2.89. The maximum absolute atomic E-state index is 14.8. The van der Waals surface area contributed by atoms with Gasteiger partial charge in [0.2, 0.25) is 5.43 Å². The minimum absolute atomic E-state index is 0.100. The lowest BCUT2D eigenvalue weighted by molar-refractivity contribution is 0.0599. The Labute approximate surface area is 166 Å². The van der Waals surface area contributed by atoms with Crippen LogP contribution in [-0.4, -0.2) is 24.7 Å². The second kappa shape index (κ2) is 7.31. The van der Waals surface area contributed by atoms with Crippen LogP contribution in [0.1, 0.15) is 32.6 Å². The van der Waals surface area contributed by atoms with Gasteiger partial charge in [0, 0.05) is 13.2 Å². The molecule has 7 heteroatoms. The van der Waals surface area contributed by atoms with E-state index < -0.39 is 23.0 Å². The summed E-state index contributed by atoms with van der Waals surface area (Å²) in [6, 6.07) is 2.95. The van der Waals surface area contributed by atoms with E-state index in [2.05, 4.69) is 5.32 Å². The number of aryl methyl sites for hydroxylation is 3. The lowest BCUT2D eigenvalue weighted by Gasteiger charge is -2.20. The van der Waals surface area contributed by atoms with Crippen molar-refractivity contribution in [3.05, 3.63) is 68.0 Å². The van der Waals surface area contributed by atoms with Crippen molar-refractivity contribution < 1.29 is 18.3 Å². The van der Waals surface area contributed by atoms with Crippen LogP contribution in [0.2, 0.25) is 0 Å². The number of halogens is 2. The Morgan fingerprint density at radius 3 is 2.31 bits per heavy atom. The summed E-state index contributed by atoms with van der Waals surface area (Å²) in [4.78, 5) is 25.3. The van der Waals surface area contributed by atoms with Gasteiger partial charge in [0.05, 0.1) is 29.4 Å². The fourth-order valence-corrected chi connectivity index (χ4v) is 3.62. The molecule has 0 fully saturated rings. The Morgan fingerprint density at radius 2 is 1.72 bits per heavy atom. The van der Waals surface area contributed by atoms with Crippen molar-refractivity contribution in [2.75, 3.05) is 19.5 Å². The molecular weight excluding hydrogens is 378 g/mol. The van der Waals surface area contributed by atoms with Gasteiger partial charge >= 0.3 is 5.97 Å². The lowest BCUT2D eigenvalue weighted by atomic mass is 9.97. The molecule has 0 radical (unpaired) electrons. The van der Waals surface area contributed by atoms with Crippen LogP contribution in [0.4, 0.5) is 14.5 Å². The molecule has 5 nitrogen and oxygen atoms in total. The Bertz CT molecular complexity index is 1230. The summed E-state index contributed by atoms with van der Waals surface area (Å²) in [5.74, 6) is -1.74. The van der Waals surface area contributed by atoms with E-state index in [4.69, 9.17) is 4.74 Å². The van der Waals surface area contributed by atoms with E-state index in [9.17, 15) is 18.4 Å². The number of pyridine rings is 1. The number of benzene rings is 2. The van der Waals surface area contributed by atoms with Crippen LogP contribution in [-0.2, 0) is 4.74 Å². The lowest BCUT2D eigenvalue weighted by Crippen LogP contribution is -2.22. The predicted octanol–water partition coefficient (Wildman–Crippen LogP) is 4.33. The van der Waals surface area contributed by atoms with Crippen LogP contribution < -0.4 is 10.7 Å². The van der Waals surface area contributed by atoms with Gasteiger partial charge in [-0.25, -0.2) is 13.6 Å². The predicted molar refractivity (Wildman–Crippen MR) is 109 cm³/mol. The van der Waals surface area contributed by atoms with Gasteiger partial charge in [-0.3, -0.25) is 4.79 Å². The molecule has 0 aliphatic rings. The van der Waals surface area contributed by atoms with Crippen LogP contribution >= 0.6 is 0 Å². The Hall–Kier alpha value is -3.22. The molecule has 0 saturated carbocycles. The average Bonchev–Trinajstić information content (AvgIpc) is 2.70. The van der Waals surface area contributed by atoms with Crippen LogP contribution in [0.15, 0.2) is 23.1 Å². The number of methoxy groups -OCH3 is 1. The smallest absolute Gasteiger partial charge is 0.343 e. The third-order valence-electron chi connectivity index (χ3n) is 5.38. The first kappa shape index (κ1) is 20.5. The van der Waals surface area contributed by atoms with Gasteiger partial charge in [0.25, 0.3) is 0 Å². The highest BCUT2D eigenvalue weighted by molar-refractivity contribution is 5.96. The molecule has 0 atom stereocenters. The van der Waals surface area contributed by atoms with E-state index in [0.29, 0.717) is 27.9 Å². The molecule has 0 amide bonds. The van der Waals surface area contributed by atoms with Crippen molar-refractivity contribution in [3.63, 3.8) is 0 Å². The number of fused-ring (bicyclic) bond motifs is 1. The Balaban J connectivity index is 2.62. The minimum Gasteiger partial charge on any atom is -0.465 e. The largest absolute Gasteiger partial charge is 0.465 e. The molecular formula is C22H22F2N2O3. The van der Waals surface area contributed by atoms with Gasteiger partial charge < -0.3 is 14.6 Å². The topological polar surface area (TPSA) is 60.3 Å². The number of nitrogens with zero attached hydrogens (tertiary/aromatic N) is 1. The number of carbonyl (C=O) groups is 1. The van der Waals surface area contributed by atoms with Crippen LogP contribution in [0.5, 0.6) is 0 Å². The maximum atomic E-state index is 14.8. The monoisotopic (exact) mass is 400 g/mol. The molecule has 152 valence electrons. The van der Waals surface area contributed by atoms with Crippen molar-refractivity contribution in [1.82, 2.24) is 4.57 Å². The third-order valence-corrected chi connectivity index (χ3v) is 5.38. The number of ether oxygens (including phenoxy) is 1. The summed E-state index contributed by atoms with van der Waals surface area (Å²) in [5.41, 5.74) is 2.16. The van der Waals surface area contributed by atoms with Crippen molar-refractivity contribution in [2.24, 2.45) is 0 Å². The average molecular weight is 400 g/mol. The van der Waals surface area contributed by atoms with Gasteiger partial charge in [-0.05, 0) is 62.1 Å². The highest BCUT2D eigenvalue weighted by Gasteiger charge is 2.23. The summed E-state index contributed by atoms with van der Waals surface area (Å²) >= 11 is 0. The van der Waals surface area contributed by atoms with E-state index >= 15 is 0 Å². The summed E-state index contributed by atoms with van der Waals surface area (Å²) in [7, 11) is 2.77. The number of esters is 1. The quantitative estimate of drug-likeness (QED) is 0.665. The van der Waals surface area contributed by atoms with Gasteiger partial charge in [-0.15, -0.1) is 0 Å². The van der Waals surface area contributed by atoms with E-state index in [-0.39, 0.29) is 22.2 Å². The number of hydrogen-bond acceptors (Lipinski definition) is 4. The van der Waals surface area contributed by atoms with Gasteiger partial charge in [0.1, 0.15) is 17.2 Å². The molecule has 3 aromatic rings. The molecule has 0 aliphatic heterocycles. The van der Waals surface area contributed by atoms with Crippen molar-refractivity contribution >= 4 is 22.6 Å². The summed E-state index contributed by atoms with van der Waals surface area (Å²) < 4.78 is 35.4. The maximum Gasteiger partial charge on any atom is 0.343 e. The molecule has 1 aromatic heterocycles. The summed E-state index contributed by atoms with van der Waals surface area (Å²) in [6.07, 6.45) is 1.37. The number of carbonyl (C=O) groups excluding carboxylic acids is 1. The van der Waals surface area contributed by atoms with Crippen LogP contribution in [0.25, 0.3) is 16.6 Å². The van der Waals surface area contributed by atoms with Crippen molar-refractivity contribution in [3.8, 4) is 5.69 Å². The fraction of sp³-hybridized carbons (Fsp3) is 0.273. The Morgan fingerprint density at radius 1 is 1.07 bits per heavy atom. The molecule has 0 saturated heterocycles. The molecule has 1 N–H and O–H groups in total. The van der Waals surface area contributed by atoms with Gasteiger partial charge in [-0.2, -0.15) is 0 Å². The zero-order chi connectivity index (χ0) is 21.6. The second-order valence-corrected chi connectivity index (χ2v) is 7.01. The highest BCUT2D eigenvalue weighted by Crippen LogP contribution is 2.31. The minimum atomic E-state index is -0.822. The first-order valence-corrected chi connectivity index (χ1v) is 9.05. The molecule has 1 heterocycles. The van der Waals surface area contributed by atoms with E-state index in [0.717, 1.165) is 0 Å².